The van der Waals surface area contributed by atoms with Crippen molar-refractivity contribution >= 4 is 0 Å². The smallest absolute Gasteiger partial charge is 0.307 e. The number of halogens is 3. The average Bonchev–Trinajstić information content (AvgIpc) is 2.40. The van der Waals surface area contributed by atoms with Crippen molar-refractivity contribution in [1.82, 2.24) is 10.3 Å². The van der Waals surface area contributed by atoms with Crippen LogP contribution >= 0.6 is 0 Å². The molecular formula is C15H15F3N2. The van der Waals surface area contributed by atoms with Crippen molar-refractivity contribution in [3.63, 3.8) is 0 Å². The Morgan fingerprint density at radius 1 is 1.05 bits per heavy atom. The number of aryl methyl sites for hydroxylation is 1. The lowest BCUT2D eigenvalue weighted by Gasteiger charge is -2.13. The first-order valence-electron chi connectivity index (χ1n) is 6.25. The minimum atomic E-state index is -4.32. The molecule has 2 rings (SSSR count). The summed E-state index contributed by atoms with van der Waals surface area (Å²) >= 11 is 0. The minimum Gasteiger partial charge on any atom is -0.307 e. The number of benzene rings is 1. The van der Waals surface area contributed by atoms with Crippen LogP contribution in [0.1, 0.15) is 22.4 Å². The van der Waals surface area contributed by atoms with Crippen LogP contribution in [0.25, 0.3) is 0 Å². The molecule has 0 aliphatic carbocycles. The molecule has 5 heteroatoms. The molecule has 1 aromatic heterocycles. The van der Waals surface area contributed by atoms with Gasteiger partial charge in [0.25, 0.3) is 0 Å². The van der Waals surface area contributed by atoms with Crippen LogP contribution in [0.3, 0.4) is 0 Å². The van der Waals surface area contributed by atoms with Gasteiger partial charge in [0.15, 0.2) is 0 Å². The van der Waals surface area contributed by atoms with Crippen LogP contribution < -0.4 is 5.32 Å². The third kappa shape index (κ3) is 3.57. The molecule has 1 N–H and O–H groups in total. The van der Waals surface area contributed by atoms with Crippen LogP contribution in [0.5, 0.6) is 0 Å². The summed E-state index contributed by atoms with van der Waals surface area (Å²) in [6, 6.07) is 9.35. The third-order valence-corrected chi connectivity index (χ3v) is 3.05. The Labute approximate surface area is 115 Å². The van der Waals surface area contributed by atoms with Gasteiger partial charge in [0.1, 0.15) is 0 Å². The predicted octanol–water partition coefficient (Wildman–Crippen LogP) is 3.70. The quantitative estimate of drug-likeness (QED) is 0.923. The second-order valence-corrected chi connectivity index (χ2v) is 4.53. The van der Waals surface area contributed by atoms with Gasteiger partial charge in [0, 0.05) is 19.3 Å². The Balaban J connectivity index is 2.04. The largest absolute Gasteiger partial charge is 0.416 e. The number of pyridine rings is 1. The summed E-state index contributed by atoms with van der Waals surface area (Å²) in [6.07, 6.45) is -2.65. The zero-order chi connectivity index (χ0) is 14.6. The molecule has 0 aliphatic heterocycles. The minimum absolute atomic E-state index is 0.158. The molecule has 2 aromatic rings. The lowest BCUT2D eigenvalue weighted by molar-refractivity contribution is -0.138. The molecule has 1 aromatic carbocycles. The van der Waals surface area contributed by atoms with Gasteiger partial charge in [-0.1, -0.05) is 24.3 Å². The van der Waals surface area contributed by atoms with Crippen molar-refractivity contribution in [1.29, 1.82) is 0 Å². The number of nitrogens with one attached hydrogen (secondary N) is 1. The fourth-order valence-corrected chi connectivity index (χ4v) is 1.97. The van der Waals surface area contributed by atoms with Crippen LogP contribution in [0.15, 0.2) is 42.6 Å². The third-order valence-electron chi connectivity index (χ3n) is 3.05. The van der Waals surface area contributed by atoms with Crippen molar-refractivity contribution in [3.05, 3.63) is 65.0 Å². The van der Waals surface area contributed by atoms with Gasteiger partial charge >= 0.3 is 6.18 Å². The SMILES string of the molecule is Cc1cccnc1CNCc1ccccc1C(F)(F)F. The average molecular weight is 280 g/mol. The summed E-state index contributed by atoms with van der Waals surface area (Å²) in [5.74, 6) is 0. The van der Waals surface area contributed by atoms with Gasteiger partial charge in [-0.15, -0.1) is 0 Å². The van der Waals surface area contributed by atoms with E-state index in [1.807, 2.05) is 19.1 Å². The second kappa shape index (κ2) is 6.05. The number of nitrogens with zero attached hydrogens (tertiary/aromatic N) is 1. The summed E-state index contributed by atoms with van der Waals surface area (Å²) < 4.78 is 38.5. The van der Waals surface area contributed by atoms with E-state index in [1.165, 1.54) is 12.1 Å². The van der Waals surface area contributed by atoms with Crippen molar-refractivity contribution in [2.45, 2.75) is 26.2 Å². The van der Waals surface area contributed by atoms with E-state index in [1.54, 1.807) is 12.3 Å². The molecule has 0 unspecified atom stereocenters. The molecule has 0 radical (unpaired) electrons. The Hall–Kier alpha value is -1.88. The molecule has 0 saturated carbocycles. The van der Waals surface area contributed by atoms with Gasteiger partial charge in [-0.3, -0.25) is 4.98 Å². The zero-order valence-electron chi connectivity index (χ0n) is 11.0. The van der Waals surface area contributed by atoms with Crippen LogP contribution in [0, 0.1) is 6.92 Å². The van der Waals surface area contributed by atoms with Crippen LogP contribution in [0.4, 0.5) is 13.2 Å². The first-order chi connectivity index (χ1) is 9.48. The van der Waals surface area contributed by atoms with Gasteiger partial charge in [-0.2, -0.15) is 13.2 Å². The summed E-state index contributed by atoms with van der Waals surface area (Å²) in [7, 11) is 0. The lowest BCUT2D eigenvalue weighted by Crippen LogP contribution is -2.18. The second-order valence-electron chi connectivity index (χ2n) is 4.53. The maximum atomic E-state index is 12.8. The first-order valence-corrected chi connectivity index (χ1v) is 6.25. The predicted molar refractivity (Wildman–Crippen MR) is 71.0 cm³/mol. The summed E-state index contributed by atoms with van der Waals surface area (Å²) in [5, 5.41) is 3.01. The Morgan fingerprint density at radius 3 is 2.50 bits per heavy atom. The van der Waals surface area contributed by atoms with Crippen molar-refractivity contribution in [3.8, 4) is 0 Å². The summed E-state index contributed by atoms with van der Waals surface area (Å²) in [5.41, 5.74) is 1.51. The maximum absolute atomic E-state index is 12.8. The maximum Gasteiger partial charge on any atom is 0.416 e. The molecule has 106 valence electrons. The van der Waals surface area contributed by atoms with Crippen LogP contribution in [-0.2, 0) is 19.3 Å². The summed E-state index contributed by atoms with van der Waals surface area (Å²) in [6.45, 7) is 2.53. The van der Waals surface area contributed by atoms with Crippen molar-refractivity contribution in [2.75, 3.05) is 0 Å². The molecule has 0 atom stereocenters. The number of hydrogen-bond acceptors (Lipinski definition) is 2. The topological polar surface area (TPSA) is 24.9 Å². The van der Waals surface area contributed by atoms with Gasteiger partial charge in [-0.25, -0.2) is 0 Å². The highest BCUT2D eigenvalue weighted by Gasteiger charge is 2.32. The van der Waals surface area contributed by atoms with Gasteiger partial charge in [0.2, 0.25) is 0 Å². The highest BCUT2D eigenvalue weighted by molar-refractivity contribution is 5.29. The van der Waals surface area contributed by atoms with E-state index in [9.17, 15) is 13.2 Å². The molecule has 0 amide bonds. The fourth-order valence-electron chi connectivity index (χ4n) is 1.97. The summed E-state index contributed by atoms with van der Waals surface area (Å²) in [4.78, 5) is 4.20. The molecule has 1 heterocycles. The number of aromatic nitrogens is 1. The molecule has 0 bridgehead atoms. The van der Waals surface area contributed by atoms with E-state index < -0.39 is 11.7 Å². The number of alkyl halides is 3. The molecule has 0 aliphatic rings. The van der Waals surface area contributed by atoms with E-state index in [2.05, 4.69) is 10.3 Å². The van der Waals surface area contributed by atoms with E-state index in [0.29, 0.717) is 6.54 Å². The highest BCUT2D eigenvalue weighted by atomic mass is 19.4. The molecule has 0 saturated heterocycles. The van der Waals surface area contributed by atoms with Gasteiger partial charge in [0.05, 0.1) is 11.3 Å². The Bertz CT molecular complexity index is 579. The lowest BCUT2D eigenvalue weighted by atomic mass is 10.1. The van der Waals surface area contributed by atoms with E-state index >= 15 is 0 Å². The fraction of sp³-hybridized carbons (Fsp3) is 0.267. The molecule has 2 nitrogen and oxygen atoms in total. The van der Waals surface area contributed by atoms with E-state index in [4.69, 9.17) is 0 Å². The molecule has 0 spiro atoms. The molecule has 0 fully saturated rings. The number of rotatable bonds is 4. The van der Waals surface area contributed by atoms with E-state index in [-0.39, 0.29) is 12.1 Å². The highest BCUT2D eigenvalue weighted by Crippen LogP contribution is 2.31. The number of hydrogen-bond donors (Lipinski definition) is 1. The normalized spacial score (nSPS) is 11.6. The standard InChI is InChI=1S/C15H15F3N2/c1-11-5-4-8-20-14(11)10-19-9-12-6-2-3-7-13(12)15(16,17)18/h2-8,19H,9-10H2,1H3. The van der Waals surface area contributed by atoms with Gasteiger partial charge in [-0.05, 0) is 30.2 Å². The Morgan fingerprint density at radius 2 is 1.80 bits per heavy atom. The van der Waals surface area contributed by atoms with Crippen LogP contribution in [-0.4, -0.2) is 4.98 Å². The molecular weight excluding hydrogens is 265 g/mol. The first kappa shape index (κ1) is 14.5. The monoisotopic (exact) mass is 280 g/mol. The van der Waals surface area contributed by atoms with Crippen LogP contribution in [0.2, 0.25) is 0 Å². The molecule has 20 heavy (non-hydrogen) atoms. The van der Waals surface area contributed by atoms with Crippen molar-refractivity contribution in [2.24, 2.45) is 0 Å². The zero-order valence-corrected chi connectivity index (χ0v) is 11.0. The van der Waals surface area contributed by atoms with Gasteiger partial charge < -0.3 is 5.32 Å². The Kier molecular flexibility index (Phi) is 4.39. The van der Waals surface area contributed by atoms with E-state index in [0.717, 1.165) is 17.3 Å². The van der Waals surface area contributed by atoms with Crippen molar-refractivity contribution < 1.29 is 13.2 Å².